The Labute approximate surface area is 171 Å². The van der Waals surface area contributed by atoms with Crippen LogP contribution in [0, 0.1) is 5.41 Å². The number of hydrogen-bond donors (Lipinski definition) is 0. The topological polar surface area (TPSA) is 71.3 Å². The Balaban J connectivity index is 1.39. The quantitative estimate of drug-likeness (QED) is 0.780. The van der Waals surface area contributed by atoms with Gasteiger partial charge >= 0.3 is 0 Å². The number of pyridine rings is 1. The van der Waals surface area contributed by atoms with Crippen LogP contribution in [0.2, 0.25) is 0 Å². The van der Waals surface area contributed by atoms with E-state index < -0.39 is 0 Å². The fourth-order valence-electron chi connectivity index (χ4n) is 4.72. The molecule has 0 aromatic carbocycles. The van der Waals surface area contributed by atoms with Gasteiger partial charge in [0, 0.05) is 57.4 Å². The third kappa shape index (κ3) is 4.18. The van der Waals surface area contributed by atoms with Crippen LogP contribution < -0.4 is 0 Å². The smallest absolute Gasteiger partial charge is 0.247 e. The molecule has 0 aliphatic carbocycles. The predicted octanol–water partition coefficient (Wildman–Crippen LogP) is 2.66. The summed E-state index contributed by atoms with van der Waals surface area (Å²) in [6.45, 7) is 4.97. The van der Waals surface area contributed by atoms with Gasteiger partial charge in [0.15, 0.2) is 0 Å². The summed E-state index contributed by atoms with van der Waals surface area (Å²) in [5.41, 5.74) is 1.24. The Bertz CT molecular complexity index is 828. The Morgan fingerprint density at radius 2 is 1.93 bits per heavy atom. The number of aromatic nitrogens is 3. The van der Waals surface area contributed by atoms with Crippen molar-refractivity contribution in [3.63, 3.8) is 0 Å². The van der Waals surface area contributed by atoms with Gasteiger partial charge in [0.2, 0.25) is 11.8 Å². The second-order valence-corrected chi connectivity index (χ2v) is 8.34. The van der Waals surface area contributed by atoms with Crippen LogP contribution in [0.3, 0.4) is 0 Å². The maximum atomic E-state index is 13.1. The first-order valence-corrected chi connectivity index (χ1v) is 10.5. The summed E-state index contributed by atoms with van der Waals surface area (Å²) in [6, 6.07) is 5.57. The molecule has 2 saturated heterocycles. The maximum Gasteiger partial charge on any atom is 0.247 e. The normalized spacial score (nSPS) is 20.1. The number of hydrogen-bond acceptors (Lipinski definition) is 4. The summed E-state index contributed by atoms with van der Waals surface area (Å²) in [5, 5.41) is 4.27. The van der Waals surface area contributed by atoms with E-state index in [9.17, 15) is 9.59 Å². The third-order valence-electron chi connectivity index (χ3n) is 6.52. The van der Waals surface area contributed by atoms with Crippen molar-refractivity contribution >= 4 is 11.8 Å². The Hall–Kier alpha value is -2.70. The minimum atomic E-state index is -0.227. The van der Waals surface area contributed by atoms with Crippen molar-refractivity contribution in [3.8, 4) is 0 Å². The van der Waals surface area contributed by atoms with E-state index in [1.165, 1.54) is 0 Å². The first-order chi connectivity index (χ1) is 14.1. The van der Waals surface area contributed by atoms with Crippen molar-refractivity contribution in [1.29, 1.82) is 0 Å². The van der Waals surface area contributed by atoms with E-state index >= 15 is 0 Å². The molecule has 0 radical (unpaired) electrons. The van der Waals surface area contributed by atoms with Gasteiger partial charge in [-0.2, -0.15) is 5.10 Å². The molecule has 154 valence electrons. The van der Waals surface area contributed by atoms with Gasteiger partial charge < -0.3 is 9.80 Å². The Morgan fingerprint density at radius 1 is 1.17 bits per heavy atom. The van der Waals surface area contributed by atoms with Crippen molar-refractivity contribution in [3.05, 3.63) is 48.5 Å². The molecule has 2 aromatic heterocycles. The molecule has 4 rings (SSSR count). The van der Waals surface area contributed by atoms with Crippen LogP contribution in [0.15, 0.2) is 43.0 Å². The van der Waals surface area contributed by atoms with Gasteiger partial charge in [-0.15, -0.1) is 0 Å². The number of likely N-dealkylation sites (tertiary alicyclic amines) is 2. The number of carbonyl (C=O) groups is 2. The fourth-order valence-corrected chi connectivity index (χ4v) is 4.72. The summed E-state index contributed by atoms with van der Waals surface area (Å²) >= 11 is 0. The zero-order valence-corrected chi connectivity index (χ0v) is 17.0. The van der Waals surface area contributed by atoms with Crippen molar-refractivity contribution in [2.24, 2.45) is 5.41 Å². The fraction of sp³-hybridized carbons (Fsp3) is 0.545. The first kappa shape index (κ1) is 19.6. The van der Waals surface area contributed by atoms with Gasteiger partial charge in [0.1, 0.15) is 6.04 Å². The lowest BCUT2D eigenvalue weighted by Gasteiger charge is -2.47. The summed E-state index contributed by atoms with van der Waals surface area (Å²) in [4.78, 5) is 33.6. The number of carbonyl (C=O) groups excluding carboxylic acids is 2. The van der Waals surface area contributed by atoms with E-state index in [0.29, 0.717) is 13.0 Å². The highest BCUT2D eigenvalue weighted by atomic mass is 16.2. The van der Waals surface area contributed by atoms with Crippen LogP contribution in [0.25, 0.3) is 0 Å². The summed E-state index contributed by atoms with van der Waals surface area (Å²) < 4.78 is 1.77. The van der Waals surface area contributed by atoms with Gasteiger partial charge in [0.05, 0.1) is 0 Å². The van der Waals surface area contributed by atoms with E-state index in [1.807, 2.05) is 41.1 Å². The number of nitrogens with zero attached hydrogens (tertiary/aromatic N) is 5. The van der Waals surface area contributed by atoms with E-state index in [0.717, 1.165) is 50.9 Å². The zero-order valence-electron chi connectivity index (χ0n) is 17.0. The van der Waals surface area contributed by atoms with Crippen LogP contribution in [-0.4, -0.2) is 56.0 Å². The summed E-state index contributed by atoms with van der Waals surface area (Å²) in [7, 11) is 0. The molecule has 2 aliphatic heterocycles. The molecular weight excluding hydrogens is 366 g/mol. The van der Waals surface area contributed by atoms with Gasteiger partial charge in [-0.1, -0.05) is 6.92 Å². The van der Waals surface area contributed by atoms with E-state index in [1.54, 1.807) is 23.3 Å². The van der Waals surface area contributed by atoms with Crippen LogP contribution in [-0.2, 0) is 16.1 Å². The number of piperidine rings is 2. The lowest BCUT2D eigenvalue weighted by molar-refractivity contribution is -0.144. The molecule has 1 spiro atoms. The summed E-state index contributed by atoms with van der Waals surface area (Å²) in [6.07, 6.45) is 11.3. The molecule has 2 amide bonds. The molecule has 0 N–H and O–H groups in total. The molecule has 0 bridgehead atoms. The first-order valence-electron chi connectivity index (χ1n) is 10.5. The van der Waals surface area contributed by atoms with Gasteiger partial charge in [-0.25, -0.2) is 0 Å². The Morgan fingerprint density at radius 3 is 2.59 bits per heavy atom. The van der Waals surface area contributed by atoms with Crippen molar-refractivity contribution in [1.82, 2.24) is 24.6 Å². The molecule has 0 saturated carbocycles. The minimum absolute atomic E-state index is 0.130. The van der Waals surface area contributed by atoms with Gasteiger partial charge in [-0.05, 0) is 54.9 Å². The predicted molar refractivity (Wildman–Crippen MR) is 109 cm³/mol. The molecule has 7 heteroatoms. The summed E-state index contributed by atoms with van der Waals surface area (Å²) in [5.74, 6) is 0.391. The highest BCUT2D eigenvalue weighted by Crippen LogP contribution is 2.41. The molecular formula is C22H29N5O2. The zero-order chi connectivity index (χ0) is 20.3. The average molecular weight is 396 g/mol. The monoisotopic (exact) mass is 395 g/mol. The van der Waals surface area contributed by atoms with Crippen molar-refractivity contribution in [2.45, 2.75) is 51.6 Å². The molecule has 2 aliphatic rings. The van der Waals surface area contributed by atoms with Crippen LogP contribution >= 0.6 is 0 Å². The number of amides is 2. The minimum Gasteiger partial charge on any atom is -0.341 e. The van der Waals surface area contributed by atoms with E-state index in [2.05, 4.69) is 10.1 Å². The lowest BCUT2D eigenvalue weighted by atomic mass is 9.72. The van der Waals surface area contributed by atoms with Crippen LogP contribution in [0.5, 0.6) is 0 Å². The largest absolute Gasteiger partial charge is 0.341 e. The second kappa shape index (κ2) is 8.35. The molecule has 2 fully saturated rings. The Kier molecular flexibility index (Phi) is 5.65. The van der Waals surface area contributed by atoms with Crippen LogP contribution in [0.1, 0.15) is 50.6 Å². The third-order valence-corrected chi connectivity index (χ3v) is 6.52. The maximum absolute atomic E-state index is 13.1. The van der Waals surface area contributed by atoms with Gasteiger partial charge in [-0.3, -0.25) is 19.3 Å². The standard InChI is InChI=1S/C22H29N5O2/c1-2-19(27-13-3-10-24-27)21(29)25-14-8-22(9-15-25)7-4-20(28)26(17-22)16-18-5-11-23-12-6-18/h3,5-6,10-13,19H,2,4,7-9,14-17H2,1H3/t19-/m0/s1. The second-order valence-electron chi connectivity index (χ2n) is 8.34. The molecule has 7 nitrogen and oxygen atoms in total. The molecule has 2 aromatic rings. The van der Waals surface area contributed by atoms with E-state index in [-0.39, 0.29) is 23.3 Å². The molecule has 29 heavy (non-hydrogen) atoms. The van der Waals surface area contributed by atoms with Crippen molar-refractivity contribution in [2.75, 3.05) is 19.6 Å². The molecule has 0 unspecified atom stereocenters. The SMILES string of the molecule is CC[C@@H](C(=O)N1CCC2(CCC(=O)N(Cc3ccncc3)C2)CC1)n1cccn1. The highest BCUT2D eigenvalue weighted by Gasteiger charge is 2.42. The lowest BCUT2D eigenvalue weighted by Crippen LogP contribution is -2.52. The van der Waals surface area contributed by atoms with Crippen molar-refractivity contribution < 1.29 is 9.59 Å². The number of rotatable bonds is 5. The van der Waals surface area contributed by atoms with Gasteiger partial charge in [0.25, 0.3) is 0 Å². The average Bonchev–Trinajstić information content (AvgIpc) is 3.27. The molecule has 1 atom stereocenters. The molecule has 4 heterocycles. The van der Waals surface area contributed by atoms with E-state index in [4.69, 9.17) is 0 Å². The highest BCUT2D eigenvalue weighted by molar-refractivity contribution is 5.80. The van der Waals surface area contributed by atoms with Crippen LogP contribution in [0.4, 0.5) is 0 Å².